The lowest BCUT2D eigenvalue weighted by atomic mass is 10.2. The monoisotopic (exact) mass is 199 g/mol. The molecule has 3 nitrogen and oxygen atoms in total. The summed E-state index contributed by atoms with van der Waals surface area (Å²) in [5.41, 5.74) is 0. The highest BCUT2D eigenvalue weighted by molar-refractivity contribution is 7.09. The first-order chi connectivity index (χ1) is 6.36. The van der Waals surface area contributed by atoms with Crippen LogP contribution in [0.3, 0.4) is 0 Å². The van der Waals surface area contributed by atoms with Crippen LogP contribution < -0.4 is 5.32 Å². The van der Waals surface area contributed by atoms with E-state index in [0.717, 1.165) is 30.3 Å². The van der Waals surface area contributed by atoms with E-state index >= 15 is 0 Å². The van der Waals surface area contributed by atoms with Gasteiger partial charge in [0.25, 0.3) is 0 Å². The standard InChI is InChI=1S/C9H17N3S/c1-3-5-6-8-11-9(13-12-8)10-7-4-2/h3-7H2,1-2H3,(H,10,11,12). The minimum atomic E-state index is 0.966. The second kappa shape index (κ2) is 5.91. The lowest BCUT2D eigenvalue weighted by Crippen LogP contribution is -1.99. The van der Waals surface area contributed by atoms with Crippen molar-refractivity contribution in [3.8, 4) is 0 Å². The number of anilines is 1. The molecule has 0 aliphatic heterocycles. The van der Waals surface area contributed by atoms with Gasteiger partial charge in [-0.2, -0.15) is 4.37 Å². The summed E-state index contributed by atoms with van der Waals surface area (Å²) in [7, 11) is 0. The summed E-state index contributed by atoms with van der Waals surface area (Å²) in [5, 5.41) is 4.20. The highest BCUT2D eigenvalue weighted by atomic mass is 32.1. The van der Waals surface area contributed by atoms with Crippen molar-refractivity contribution in [2.75, 3.05) is 11.9 Å². The van der Waals surface area contributed by atoms with Gasteiger partial charge in [0.1, 0.15) is 5.82 Å². The van der Waals surface area contributed by atoms with Crippen LogP contribution in [0.5, 0.6) is 0 Å². The molecule has 0 aliphatic carbocycles. The Balaban J connectivity index is 2.34. The number of hydrogen-bond donors (Lipinski definition) is 1. The summed E-state index contributed by atoms with van der Waals surface area (Å²) >= 11 is 1.47. The van der Waals surface area contributed by atoms with Crippen LogP contribution in [0, 0.1) is 0 Å². The number of nitrogens with one attached hydrogen (secondary N) is 1. The number of hydrogen-bond acceptors (Lipinski definition) is 4. The molecule has 0 radical (unpaired) electrons. The van der Waals surface area contributed by atoms with Gasteiger partial charge in [-0.05, 0) is 12.8 Å². The van der Waals surface area contributed by atoms with E-state index in [9.17, 15) is 0 Å². The molecule has 0 aliphatic rings. The Kier molecular flexibility index (Phi) is 4.75. The predicted molar refractivity (Wildman–Crippen MR) is 57.3 cm³/mol. The van der Waals surface area contributed by atoms with E-state index < -0.39 is 0 Å². The number of aryl methyl sites for hydroxylation is 1. The van der Waals surface area contributed by atoms with Gasteiger partial charge in [-0.25, -0.2) is 4.98 Å². The van der Waals surface area contributed by atoms with E-state index in [1.54, 1.807) is 0 Å². The van der Waals surface area contributed by atoms with Crippen LogP contribution in [-0.2, 0) is 6.42 Å². The molecule has 4 heteroatoms. The smallest absolute Gasteiger partial charge is 0.202 e. The second-order valence-electron chi connectivity index (χ2n) is 3.05. The zero-order chi connectivity index (χ0) is 9.52. The van der Waals surface area contributed by atoms with Crippen molar-refractivity contribution >= 4 is 16.7 Å². The van der Waals surface area contributed by atoms with Crippen LogP contribution in [0.2, 0.25) is 0 Å². The fourth-order valence-corrected chi connectivity index (χ4v) is 1.63. The highest BCUT2D eigenvalue weighted by Crippen LogP contribution is 2.12. The molecular formula is C9H17N3S. The molecule has 1 rings (SSSR count). The first-order valence-electron chi connectivity index (χ1n) is 4.93. The highest BCUT2D eigenvalue weighted by Gasteiger charge is 2.01. The van der Waals surface area contributed by atoms with Crippen molar-refractivity contribution in [1.29, 1.82) is 0 Å². The Labute approximate surface area is 83.8 Å². The fraction of sp³-hybridized carbons (Fsp3) is 0.778. The van der Waals surface area contributed by atoms with Crippen LogP contribution >= 0.6 is 11.5 Å². The fourth-order valence-electron chi connectivity index (χ4n) is 0.994. The summed E-state index contributed by atoms with van der Waals surface area (Å²) in [5.74, 6) is 0.991. The maximum Gasteiger partial charge on any atom is 0.202 e. The Bertz CT molecular complexity index is 212. The van der Waals surface area contributed by atoms with Gasteiger partial charge in [-0.15, -0.1) is 0 Å². The van der Waals surface area contributed by atoms with Crippen LogP contribution in [0.25, 0.3) is 0 Å². The molecule has 0 amide bonds. The van der Waals surface area contributed by atoms with Crippen molar-refractivity contribution < 1.29 is 0 Å². The lowest BCUT2D eigenvalue weighted by molar-refractivity contribution is 0.765. The first-order valence-corrected chi connectivity index (χ1v) is 5.70. The zero-order valence-electron chi connectivity index (χ0n) is 8.34. The predicted octanol–water partition coefficient (Wildman–Crippen LogP) is 2.70. The average Bonchev–Trinajstić information content (AvgIpc) is 2.59. The van der Waals surface area contributed by atoms with Gasteiger partial charge < -0.3 is 5.32 Å². The van der Waals surface area contributed by atoms with Gasteiger partial charge >= 0.3 is 0 Å². The van der Waals surface area contributed by atoms with E-state index in [2.05, 4.69) is 28.5 Å². The third kappa shape index (κ3) is 3.72. The van der Waals surface area contributed by atoms with Gasteiger partial charge in [0.2, 0.25) is 5.13 Å². The molecule has 1 aromatic rings. The van der Waals surface area contributed by atoms with Crippen LogP contribution in [0.15, 0.2) is 0 Å². The molecule has 1 N–H and O–H groups in total. The van der Waals surface area contributed by atoms with Gasteiger partial charge in [0.05, 0.1) is 0 Å². The van der Waals surface area contributed by atoms with Crippen LogP contribution in [-0.4, -0.2) is 15.9 Å². The van der Waals surface area contributed by atoms with Gasteiger partial charge in [0.15, 0.2) is 0 Å². The molecule has 74 valence electrons. The van der Waals surface area contributed by atoms with Crippen molar-refractivity contribution in [2.45, 2.75) is 39.5 Å². The van der Waals surface area contributed by atoms with Gasteiger partial charge in [-0.1, -0.05) is 20.3 Å². The number of unbranched alkanes of at least 4 members (excludes halogenated alkanes) is 1. The summed E-state index contributed by atoms with van der Waals surface area (Å²) < 4.78 is 4.27. The molecule has 0 saturated heterocycles. The SMILES string of the molecule is CCCCc1nsc(NCCC)n1. The number of nitrogens with zero attached hydrogens (tertiary/aromatic N) is 2. The molecule has 0 aromatic carbocycles. The van der Waals surface area contributed by atoms with Crippen molar-refractivity contribution in [3.63, 3.8) is 0 Å². The van der Waals surface area contributed by atoms with Crippen molar-refractivity contribution in [3.05, 3.63) is 5.82 Å². The molecule has 1 aromatic heterocycles. The molecule has 0 saturated carbocycles. The third-order valence-corrected chi connectivity index (χ3v) is 2.46. The minimum Gasteiger partial charge on any atom is -0.360 e. The van der Waals surface area contributed by atoms with Crippen molar-refractivity contribution in [1.82, 2.24) is 9.36 Å². The maximum absolute atomic E-state index is 4.38. The normalized spacial score (nSPS) is 10.3. The minimum absolute atomic E-state index is 0.966. The number of rotatable bonds is 6. The molecule has 0 atom stereocenters. The third-order valence-electron chi connectivity index (χ3n) is 1.75. The quantitative estimate of drug-likeness (QED) is 0.765. The average molecular weight is 199 g/mol. The Hall–Kier alpha value is -0.640. The maximum atomic E-state index is 4.38. The van der Waals surface area contributed by atoms with Crippen LogP contribution in [0.1, 0.15) is 38.9 Å². The van der Waals surface area contributed by atoms with Crippen molar-refractivity contribution in [2.24, 2.45) is 0 Å². The molecule has 1 heterocycles. The molecular weight excluding hydrogens is 182 g/mol. The first kappa shape index (κ1) is 10.4. The number of aromatic nitrogens is 2. The summed E-state index contributed by atoms with van der Waals surface area (Å²) in [6, 6.07) is 0. The summed E-state index contributed by atoms with van der Waals surface area (Å²) in [4.78, 5) is 4.38. The second-order valence-corrected chi connectivity index (χ2v) is 3.80. The van der Waals surface area contributed by atoms with E-state index in [-0.39, 0.29) is 0 Å². The van der Waals surface area contributed by atoms with E-state index in [0.29, 0.717) is 0 Å². The molecule has 0 spiro atoms. The Morgan fingerprint density at radius 2 is 2.15 bits per heavy atom. The summed E-state index contributed by atoms with van der Waals surface area (Å²) in [6.07, 6.45) is 4.53. The van der Waals surface area contributed by atoms with Gasteiger partial charge in [-0.3, -0.25) is 0 Å². The van der Waals surface area contributed by atoms with E-state index in [1.165, 1.54) is 24.4 Å². The Morgan fingerprint density at radius 3 is 2.85 bits per heavy atom. The van der Waals surface area contributed by atoms with E-state index in [1.807, 2.05) is 0 Å². The van der Waals surface area contributed by atoms with Gasteiger partial charge in [0, 0.05) is 24.5 Å². The van der Waals surface area contributed by atoms with E-state index in [4.69, 9.17) is 0 Å². The Morgan fingerprint density at radius 1 is 1.31 bits per heavy atom. The summed E-state index contributed by atoms with van der Waals surface area (Å²) in [6.45, 7) is 5.32. The molecule has 0 fully saturated rings. The molecule has 0 bridgehead atoms. The molecule has 0 unspecified atom stereocenters. The zero-order valence-corrected chi connectivity index (χ0v) is 9.15. The van der Waals surface area contributed by atoms with Crippen LogP contribution in [0.4, 0.5) is 5.13 Å². The largest absolute Gasteiger partial charge is 0.360 e. The topological polar surface area (TPSA) is 37.8 Å². The molecule has 13 heavy (non-hydrogen) atoms. The lowest BCUT2D eigenvalue weighted by Gasteiger charge is -1.95.